The molecule has 0 aliphatic carbocycles. The van der Waals surface area contributed by atoms with Crippen molar-refractivity contribution in [2.75, 3.05) is 24.8 Å². The van der Waals surface area contributed by atoms with Gasteiger partial charge in [0.05, 0.1) is 19.3 Å². The second-order valence-electron chi connectivity index (χ2n) is 8.12. The number of methoxy groups -OCH3 is 1. The predicted molar refractivity (Wildman–Crippen MR) is 141 cm³/mol. The van der Waals surface area contributed by atoms with Crippen LogP contribution >= 0.6 is 23.4 Å². The van der Waals surface area contributed by atoms with E-state index in [9.17, 15) is 4.79 Å². The molecule has 1 unspecified atom stereocenters. The summed E-state index contributed by atoms with van der Waals surface area (Å²) in [5.41, 5.74) is 2.91. The Hall–Kier alpha value is -3.17. The second kappa shape index (κ2) is 11.7. The van der Waals surface area contributed by atoms with E-state index in [2.05, 4.69) is 17.2 Å². The fourth-order valence-corrected chi connectivity index (χ4v) is 4.70. The number of nitrogens with zero attached hydrogens (tertiary/aromatic N) is 3. The molecule has 10 heteroatoms. The van der Waals surface area contributed by atoms with Gasteiger partial charge in [0.2, 0.25) is 11.1 Å². The maximum atomic E-state index is 12.9. The van der Waals surface area contributed by atoms with E-state index in [0.717, 1.165) is 23.3 Å². The lowest BCUT2D eigenvalue weighted by Crippen LogP contribution is -2.29. The van der Waals surface area contributed by atoms with Gasteiger partial charge in [-0.2, -0.15) is 4.98 Å². The number of ether oxygens (including phenoxy) is 3. The fraction of sp³-hybridized carbons (Fsp3) is 0.346. The Kier molecular flexibility index (Phi) is 8.43. The van der Waals surface area contributed by atoms with E-state index in [1.54, 1.807) is 16.4 Å². The first-order valence-electron chi connectivity index (χ1n) is 11.7. The first-order chi connectivity index (χ1) is 17.4. The summed E-state index contributed by atoms with van der Waals surface area (Å²) in [5, 5.41) is 9.24. The highest BCUT2D eigenvalue weighted by Crippen LogP contribution is 2.40. The summed E-state index contributed by atoms with van der Waals surface area (Å²) in [4.78, 5) is 17.5. The molecular formula is C26H29ClN4O4S. The van der Waals surface area contributed by atoms with Crippen molar-refractivity contribution in [2.45, 2.75) is 45.0 Å². The first-order valence-corrected chi connectivity index (χ1v) is 13.1. The minimum absolute atomic E-state index is 0.363. The fourth-order valence-electron chi connectivity index (χ4n) is 3.89. The quantitative estimate of drug-likeness (QED) is 0.258. The lowest BCUT2D eigenvalue weighted by Gasteiger charge is -2.28. The lowest BCUT2D eigenvalue weighted by atomic mass is 9.95. The molecule has 4 rings (SSSR count). The zero-order valence-electron chi connectivity index (χ0n) is 20.7. The average molecular weight is 529 g/mol. The summed E-state index contributed by atoms with van der Waals surface area (Å²) < 4.78 is 18.9. The smallest absolute Gasteiger partial charge is 0.338 e. The van der Waals surface area contributed by atoms with Crippen LogP contribution in [0.3, 0.4) is 0 Å². The van der Waals surface area contributed by atoms with Crippen LogP contribution in [-0.4, -0.2) is 40.2 Å². The highest BCUT2D eigenvalue weighted by atomic mass is 35.5. The van der Waals surface area contributed by atoms with Gasteiger partial charge in [-0.1, -0.05) is 48.5 Å². The summed E-state index contributed by atoms with van der Waals surface area (Å²) in [6.07, 6.45) is 1.01. The molecule has 0 radical (unpaired) electrons. The molecule has 0 spiro atoms. The lowest BCUT2D eigenvalue weighted by molar-refractivity contribution is -0.136. The summed E-state index contributed by atoms with van der Waals surface area (Å²) in [5.74, 6) is 2.22. The van der Waals surface area contributed by atoms with Crippen LogP contribution in [0.5, 0.6) is 11.5 Å². The third-order valence-electron chi connectivity index (χ3n) is 5.56. The van der Waals surface area contributed by atoms with Crippen molar-refractivity contribution >= 4 is 35.3 Å². The topological polar surface area (TPSA) is 87.5 Å². The molecule has 1 N–H and O–H groups in total. The molecule has 36 heavy (non-hydrogen) atoms. The van der Waals surface area contributed by atoms with E-state index >= 15 is 0 Å². The number of anilines is 1. The molecule has 0 amide bonds. The molecule has 190 valence electrons. The number of carbonyl (C=O) groups excluding carboxylic acids is 1. The zero-order chi connectivity index (χ0) is 25.7. The van der Waals surface area contributed by atoms with Gasteiger partial charge < -0.3 is 19.5 Å². The number of nitrogens with one attached hydrogen (secondary N) is 1. The van der Waals surface area contributed by atoms with E-state index < -0.39 is 12.0 Å². The summed E-state index contributed by atoms with van der Waals surface area (Å²) in [6, 6.07) is 12.6. The maximum Gasteiger partial charge on any atom is 0.338 e. The number of esters is 1. The molecule has 0 fully saturated rings. The summed E-state index contributed by atoms with van der Waals surface area (Å²) in [6.45, 7) is 6.68. The third kappa shape index (κ3) is 5.63. The van der Waals surface area contributed by atoms with E-state index in [1.165, 1.54) is 7.11 Å². The molecule has 1 aliphatic heterocycles. The van der Waals surface area contributed by atoms with Gasteiger partial charge in [0.25, 0.3) is 0 Å². The predicted octanol–water partition coefficient (Wildman–Crippen LogP) is 5.87. The van der Waals surface area contributed by atoms with Crippen LogP contribution in [0.4, 0.5) is 5.95 Å². The van der Waals surface area contributed by atoms with Crippen LogP contribution in [0.2, 0.25) is 5.02 Å². The van der Waals surface area contributed by atoms with Crippen molar-refractivity contribution in [3.05, 3.63) is 69.9 Å². The molecule has 1 aromatic heterocycles. The number of halogens is 1. The van der Waals surface area contributed by atoms with Crippen LogP contribution in [-0.2, 0) is 16.1 Å². The number of fused-ring (bicyclic) bond motifs is 1. The van der Waals surface area contributed by atoms with Crippen LogP contribution in [0.15, 0.2) is 58.9 Å². The summed E-state index contributed by atoms with van der Waals surface area (Å²) in [7, 11) is 1.37. The van der Waals surface area contributed by atoms with Crippen molar-refractivity contribution < 1.29 is 19.0 Å². The number of rotatable bonds is 10. The molecular weight excluding hydrogens is 500 g/mol. The van der Waals surface area contributed by atoms with Crippen molar-refractivity contribution in [2.24, 2.45) is 0 Å². The van der Waals surface area contributed by atoms with Gasteiger partial charge in [0, 0.05) is 16.5 Å². The monoisotopic (exact) mass is 528 g/mol. The van der Waals surface area contributed by atoms with Crippen molar-refractivity contribution in [3.8, 4) is 11.5 Å². The Morgan fingerprint density at radius 2 is 1.92 bits per heavy atom. The van der Waals surface area contributed by atoms with Crippen molar-refractivity contribution in [3.63, 3.8) is 0 Å². The Balaban J connectivity index is 1.71. The largest absolute Gasteiger partial charge is 0.490 e. The Morgan fingerprint density at radius 3 is 2.61 bits per heavy atom. The number of hydrogen-bond donors (Lipinski definition) is 1. The van der Waals surface area contributed by atoms with Gasteiger partial charge in [-0.3, -0.25) is 0 Å². The van der Waals surface area contributed by atoms with Crippen LogP contribution in [0, 0.1) is 0 Å². The molecule has 1 atom stereocenters. The van der Waals surface area contributed by atoms with Gasteiger partial charge in [0.1, 0.15) is 12.6 Å². The maximum absolute atomic E-state index is 12.9. The van der Waals surface area contributed by atoms with Gasteiger partial charge in [0.15, 0.2) is 11.5 Å². The number of carbonyl (C=O) groups is 1. The first kappa shape index (κ1) is 25.9. The molecule has 8 nitrogen and oxygen atoms in total. The van der Waals surface area contributed by atoms with Crippen molar-refractivity contribution in [1.82, 2.24) is 14.8 Å². The Labute approximate surface area is 220 Å². The normalized spacial score (nSPS) is 14.8. The van der Waals surface area contributed by atoms with E-state index in [-0.39, 0.29) is 0 Å². The van der Waals surface area contributed by atoms with Crippen molar-refractivity contribution in [1.29, 1.82) is 0 Å². The van der Waals surface area contributed by atoms with E-state index in [1.807, 2.05) is 56.3 Å². The Morgan fingerprint density at radius 1 is 1.14 bits per heavy atom. The van der Waals surface area contributed by atoms with Crippen LogP contribution in [0.1, 0.15) is 44.4 Å². The highest BCUT2D eigenvalue weighted by Gasteiger charge is 2.35. The molecule has 2 heterocycles. The van der Waals surface area contributed by atoms with Crippen LogP contribution < -0.4 is 14.8 Å². The molecule has 3 aromatic rings. The van der Waals surface area contributed by atoms with Gasteiger partial charge in [-0.25, -0.2) is 9.48 Å². The number of thioether (sulfide) groups is 1. The zero-order valence-corrected chi connectivity index (χ0v) is 22.3. The number of allylic oxidation sites excluding steroid dienone is 1. The van der Waals surface area contributed by atoms with Crippen LogP contribution in [0.25, 0.3) is 0 Å². The third-order valence-corrected chi connectivity index (χ3v) is 6.86. The van der Waals surface area contributed by atoms with E-state index in [4.69, 9.17) is 30.9 Å². The molecule has 0 saturated carbocycles. The molecule has 0 saturated heterocycles. The highest BCUT2D eigenvalue weighted by molar-refractivity contribution is 7.99. The molecule has 1 aliphatic rings. The van der Waals surface area contributed by atoms with Gasteiger partial charge in [-0.15, -0.1) is 5.10 Å². The average Bonchev–Trinajstić information content (AvgIpc) is 3.28. The summed E-state index contributed by atoms with van der Waals surface area (Å²) >= 11 is 7.57. The van der Waals surface area contributed by atoms with Gasteiger partial charge in [-0.05, 0) is 55.7 Å². The standard InChI is InChI=1S/C26H29ClN4O4S/c1-5-13-36-26-29-25-28-16(3)22(24(32)33-4)23(31(25)30-26)18-9-12-20(21(14-18)34-6-2)35-15-17-7-10-19(27)11-8-17/h7-12,14,23H,5-6,13,15H2,1-4H3,(H,28,29,30). The number of benzene rings is 2. The molecule has 0 bridgehead atoms. The number of aromatic nitrogens is 3. The Bertz CT molecular complexity index is 1260. The second-order valence-corrected chi connectivity index (χ2v) is 9.62. The van der Waals surface area contributed by atoms with Gasteiger partial charge >= 0.3 is 5.97 Å². The SMILES string of the molecule is CCCSc1nc2n(n1)C(c1ccc(OCc3ccc(Cl)cc3)c(OCC)c1)C(C(=O)OC)=C(C)N2. The minimum Gasteiger partial charge on any atom is -0.490 e. The molecule has 2 aromatic carbocycles. The number of hydrogen-bond acceptors (Lipinski definition) is 8. The van der Waals surface area contributed by atoms with E-state index in [0.29, 0.717) is 52.1 Å². The minimum atomic E-state index is -0.540.